The van der Waals surface area contributed by atoms with Crippen molar-refractivity contribution in [2.45, 2.75) is 78.0 Å². The third-order valence-electron chi connectivity index (χ3n) is 4.57. The standard InChI is InChI=1S/C23H32N2O7/c1-8-30-18(27)23(14-13-15-11-9-10-12-16(15)17(23)26)25(20(29)32-22(5,6)7)24-19(28)31-21(2,3)4/h9-12H,8,13-14H2,1-7H3,(H,24,28). The number of rotatable bonds is 3. The van der Waals surface area contributed by atoms with E-state index in [-0.39, 0.29) is 18.6 Å². The van der Waals surface area contributed by atoms with Gasteiger partial charge < -0.3 is 14.2 Å². The fourth-order valence-electron chi connectivity index (χ4n) is 3.36. The van der Waals surface area contributed by atoms with Crippen LogP contribution in [0.25, 0.3) is 0 Å². The molecule has 32 heavy (non-hydrogen) atoms. The number of fused-ring (bicyclic) bond motifs is 1. The zero-order valence-electron chi connectivity index (χ0n) is 19.7. The van der Waals surface area contributed by atoms with Crippen LogP contribution in [0.1, 0.15) is 70.8 Å². The lowest BCUT2D eigenvalue weighted by Crippen LogP contribution is -2.69. The molecular weight excluding hydrogens is 416 g/mol. The topological polar surface area (TPSA) is 111 Å². The second-order valence-electron chi connectivity index (χ2n) is 9.50. The highest BCUT2D eigenvalue weighted by Gasteiger charge is 2.58. The van der Waals surface area contributed by atoms with Crippen molar-refractivity contribution in [1.82, 2.24) is 10.4 Å². The zero-order chi connectivity index (χ0) is 24.3. The van der Waals surface area contributed by atoms with Crippen molar-refractivity contribution in [2.75, 3.05) is 6.61 Å². The van der Waals surface area contributed by atoms with Gasteiger partial charge in [0.1, 0.15) is 11.2 Å². The van der Waals surface area contributed by atoms with E-state index >= 15 is 0 Å². The van der Waals surface area contributed by atoms with E-state index in [1.54, 1.807) is 72.7 Å². The number of carbonyl (C=O) groups is 4. The van der Waals surface area contributed by atoms with Gasteiger partial charge in [0.25, 0.3) is 0 Å². The summed E-state index contributed by atoms with van der Waals surface area (Å²) in [5, 5.41) is 0.628. The SMILES string of the molecule is CCOC(=O)C1(N(NC(=O)OC(C)(C)C)C(=O)OC(C)(C)C)CCc2ccccc2C1=O. The summed E-state index contributed by atoms with van der Waals surface area (Å²) >= 11 is 0. The van der Waals surface area contributed by atoms with Crippen molar-refractivity contribution >= 4 is 23.9 Å². The lowest BCUT2D eigenvalue weighted by molar-refractivity contribution is -0.156. The first kappa shape index (κ1) is 25.2. The smallest absolute Gasteiger partial charge is 0.430 e. The molecule has 9 heteroatoms. The maximum atomic E-state index is 13.7. The third kappa shape index (κ3) is 5.57. The van der Waals surface area contributed by atoms with Gasteiger partial charge in [-0.2, -0.15) is 5.01 Å². The maximum Gasteiger partial charge on any atom is 0.430 e. The molecule has 1 aliphatic rings. The van der Waals surface area contributed by atoms with Crippen LogP contribution in [0.2, 0.25) is 0 Å². The summed E-state index contributed by atoms with van der Waals surface area (Å²) in [6, 6.07) is 6.80. The summed E-state index contributed by atoms with van der Waals surface area (Å²) in [7, 11) is 0. The molecule has 9 nitrogen and oxygen atoms in total. The summed E-state index contributed by atoms with van der Waals surface area (Å²) in [6.07, 6.45) is -1.89. The van der Waals surface area contributed by atoms with Gasteiger partial charge in [0.15, 0.2) is 0 Å². The molecule has 1 atom stereocenters. The summed E-state index contributed by atoms with van der Waals surface area (Å²) in [5.41, 5.74) is -0.708. The third-order valence-corrected chi connectivity index (χ3v) is 4.57. The average Bonchev–Trinajstić information content (AvgIpc) is 2.64. The second-order valence-corrected chi connectivity index (χ2v) is 9.50. The minimum atomic E-state index is -2.15. The molecule has 0 spiro atoms. The summed E-state index contributed by atoms with van der Waals surface area (Å²) in [5.74, 6) is -1.62. The van der Waals surface area contributed by atoms with Crippen LogP contribution in [0.3, 0.4) is 0 Å². The van der Waals surface area contributed by atoms with Crippen LogP contribution in [0.5, 0.6) is 0 Å². The van der Waals surface area contributed by atoms with Crippen molar-refractivity contribution in [1.29, 1.82) is 0 Å². The van der Waals surface area contributed by atoms with E-state index in [1.165, 1.54) is 0 Å². The highest BCUT2D eigenvalue weighted by atomic mass is 16.6. The first-order chi connectivity index (χ1) is 14.7. The Bertz CT molecular complexity index is 898. The van der Waals surface area contributed by atoms with E-state index in [2.05, 4.69) is 5.43 Å². The Morgan fingerprint density at radius 3 is 2.19 bits per heavy atom. The van der Waals surface area contributed by atoms with E-state index < -0.39 is 40.7 Å². The zero-order valence-corrected chi connectivity index (χ0v) is 19.7. The van der Waals surface area contributed by atoms with Crippen LogP contribution in [0.15, 0.2) is 24.3 Å². The number of hydrogen-bond donors (Lipinski definition) is 1. The molecular formula is C23H32N2O7. The summed E-state index contributed by atoms with van der Waals surface area (Å²) in [6.45, 7) is 11.4. The molecule has 0 saturated carbocycles. The van der Waals surface area contributed by atoms with Gasteiger partial charge >= 0.3 is 18.2 Å². The number of hydrazine groups is 1. The number of benzene rings is 1. The van der Waals surface area contributed by atoms with Crippen LogP contribution in [-0.4, -0.2) is 52.3 Å². The second kappa shape index (κ2) is 9.18. The minimum Gasteiger partial charge on any atom is -0.464 e. The number of hydrogen-bond acceptors (Lipinski definition) is 7. The quantitative estimate of drug-likeness (QED) is 0.324. The van der Waals surface area contributed by atoms with E-state index in [4.69, 9.17) is 14.2 Å². The molecule has 0 aromatic heterocycles. The predicted molar refractivity (Wildman–Crippen MR) is 116 cm³/mol. The first-order valence-electron chi connectivity index (χ1n) is 10.5. The van der Waals surface area contributed by atoms with Crippen LogP contribution in [0, 0.1) is 0 Å². The van der Waals surface area contributed by atoms with E-state index in [1.807, 2.05) is 0 Å². The highest BCUT2D eigenvalue weighted by molar-refractivity contribution is 6.19. The van der Waals surface area contributed by atoms with Gasteiger partial charge in [0, 0.05) is 5.56 Å². The lowest BCUT2D eigenvalue weighted by Gasteiger charge is -2.42. The van der Waals surface area contributed by atoms with Crippen molar-refractivity contribution in [3.05, 3.63) is 35.4 Å². The van der Waals surface area contributed by atoms with Crippen LogP contribution < -0.4 is 5.43 Å². The first-order valence-corrected chi connectivity index (χ1v) is 10.5. The van der Waals surface area contributed by atoms with Crippen molar-refractivity contribution in [2.24, 2.45) is 0 Å². The molecule has 2 amide bonds. The Morgan fingerprint density at radius 1 is 1.03 bits per heavy atom. The predicted octanol–water partition coefficient (Wildman–Crippen LogP) is 3.79. The van der Waals surface area contributed by atoms with Gasteiger partial charge in [-0.05, 0) is 66.9 Å². The molecule has 2 rings (SSSR count). The number of ether oxygens (including phenoxy) is 3. The summed E-state index contributed by atoms with van der Waals surface area (Å²) in [4.78, 5) is 52.7. The minimum absolute atomic E-state index is 0.0237. The Hall–Kier alpha value is -3.10. The van der Waals surface area contributed by atoms with Gasteiger partial charge in [-0.25, -0.2) is 19.8 Å². The number of nitrogens with one attached hydrogen (secondary N) is 1. The molecule has 1 aromatic rings. The van der Waals surface area contributed by atoms with Crippen LogP contribution >= 0.6 is 0 Å². The van der Waals surface area contributed by atoms with Gasteiger partial charge in [-0.1, -0.05) is 24.3 Å². The highest BCUT2D eigenvalue weighted by Crippen LogP contribution is 2.35. The summed E-state index contributed by atoms with van der Waals surface area (Å²) < 4.78 is 15.9. The molecule has 0 bridgehead atoms. The molecule has 0 heterocycles. The van der Waals surface area contributed by atoms with E-state index in [9.17, 15) is 19.2 Å². The molecule has 176 valence electrons. The average molecular weight is 449 g/mol. The van der Waals surface area contributed by atoms with Gasteiger partial charge in [-0.3, -0.25) is 4.79 Å². The fraction of sp³-hybridized carbons (Fsp3) is 0.565. The van der Waals surface area contributed by atoms with Crippen LogP contribution in [-0.2, 0) is 25.4 Å². The van der Waals surface area contributed by atoms with Gasteiger partial charge in [-0.15, -0.1) is 0 Å². The molecule has 1 N–H and O–H groups in total. The Labute approximate surface area is 188 Å². The van der Waals surface area contributed by atoms with E-state index in [0.717, 1.165) is 5.56 Å². The normalized spacial score (nSPS) is 18.3. The maximum absolute atomic E-state index is 13.7. The number of Topliss-reactive ketones (excluding diaryl/α,β-unsaturated/α-hetero) is 1. The lowest BCUT2D eigenvalue weighted by atomic mass is 9.76. The Balaban J connectivity index is 2.62. The fourth-order valence-corrected chi connectivity index (χ4v) is 3.36. The van der Waals surface area contributed by atoms with Gasteiger partial charge in [0.05, 0.1) is 6.61 Å². The van der Waals surface area contributed by atoms with E-state index in [0.29, 0.717) is 11.4 Å². The molecule has 1 aliphatic carbocycles. The number of aryl methyl sites for hydroxylation is 1. The number of amides is 2. The molecule has 0 fully saturated rings. The molecule has 1 aromatic carbocycles. The number of ketones is 1. The Morgan fingerprint density at radius 2 is 1.62 bits per heavy atom. The molecule has 0 saturated heterocycles. The molecule has 0 radical (unpaired) electrons. The number of nitrogens with zero attached hydrogens (tertiary/aromatic N) is 1. The monoisotopic (exact) mass is 448 g/mol. The van der Waals surface area contributed by atoms with Crippen molar-refractivity contribution in [3.63, 3.8) is 0 Å². The molecule has 1 unspecified atom stereocenters. The Kier molecular flexibility index (Phi) is 7.22. The number of esters is 1. The van der Waals surface area contributed by atoms with Crippen molar-refractivity contribution < 1.29 is 33.4 Å². The largest absolute Gasteiger partial charge is 0.464 e. The van der Waals surface area contributed by atoms with Crippen LogP contribution in [0.4, 0.5) is 9.59 Å². The van der Waals surface area contributed by atoms with Crippen molar-refractivity contribution in [3.8, 4) is 0 Å². The number of carbonyl (C=O) groups excluding carboxylic acids is 4. The van der Waals surface area contributed by atoms with Gasteiger partial charge in [0.2, 0.25) is 11.3 Å². The molecule has 0 aliphatic heterocycles.